The molecule has 0 aliphatic heterocycles. The summed E-state index contributed by atoms with van der Waals surface area (Å²) in [6, 6.07) is 5.44. The van der Waals surface area contributed by atoms with E-state index in [2.05, 4.69) is 6.92 Å². The molecule has 0 aliphatic carbocycles. The van der Waals surface area contributed by atoms with Gasteiger partial charge in [0.05, 0.1) is 11.5 Å². The van der Waals surface area contributed by atoms with E-state index >= 15 is 0 Å². The summed E-state index contributed by atoms with van der Waals surface area (Å²) in [6.07, 6.45) is 2.75. The molecule has 0 unspecified atom stereocenters. The van der Waals surface area contributed by atoms with Crippen molar-refractivity contribution in [2.24, 2.45) is 0 Å². The minimum atomic E-state index is -3.00. The Hall–Kier alpha value is -1.03. The minimum absolute atomic E-state index is 0.105. The largest absolute Gasteiger partial charge is 0.399 e. The molecule has 0 saturated heterocycles. The van der Waals surface area contributed by atoms with Crippen LogP contribution in [-0.4, -0.2) is 14.2 Å². The summed E-state index contributed by atoms with van der Waals surface area (Å²) in [5, 5.41) is 0. The molecule has 3 nitrogen and oxygen atoms in total. The third-order valence-electron chi connectivity index (χ3n) is 2.92. The lowest BCUT2D eigenvalue weighted by Crippen LogP contribution is -2.10. The molecule has 0 atom stereocenters. The molecule has 17 heavy (non-hydrogen) atoms. The number of benzene rings is 1. The molecule has 1 rings (SSSR count). The molecule has 1 aromatic rings. The van der Waals surface area contributed by atoms with Gasteiger partial charge in [-0.2, -0.15) is 0 Å². The van der Waals surface area contributed by atoms with Gasteiger partial charge in [0, 0.05) is 5.69 Å². The highest BCUT2D eigenvalue weighted by Gasteiger charge is 2.13. The highest BCUT2D eigenvalue weighted by Crippen LogP contribution is 2.18. The van der Waals surface area contributed by atoms with E-state index in [1.165, 1.54) is 0 Å². The highest BCUT2D eigenvalue weighted by atomic mass is 32.2. The number of anilines is 1. The number of sulfone groups is 1. The Morgan fingerprint density at radius 1 is 1.24 bits per heavy atom. The van der Waals surface area contributed by atoms with Gasteiger partial charge in [-0.1, -0.05) is 31.9 Å². The van der Waals surface area contributed by atoms with Crippen LogP contribution in [0.2, 0.25) is 0 Å². The second kappa shape index (κ2) is 6.05. The maximum absolute atomic E-state index is 11.9. The average Bonchev–Trinajstić information content (AvgIpc) is 2.25. The average molecular weight is 255 g/mol. The normalized spacial score (nSPS) is 11.6. The van der Waals surface area contributed by atoms with Crippen LogP contribution < -0.4 is 5.73 Å². The van der Waals surface area contributed by atoms with Crippen molar-refractivity contribution in [1.82, 2.24) is 0 Å². The zero-order valence-electron chi connectivity index (χ0n) is 10.6. The van der Waals surface area contributed by atoms with Gasteiger partial charge in [0.25, 0.3) is 0 Å². The lowest BCUT2D eigenvalue weighted by Gasteiger charge is -2.09. The molecule has 2 N–H and O–H groups in total. The topological polar surface area (TPSA) is 60.2 Å². The van der Waals surface area contributed by atoms with Crippen molar-refractivity contribution in [3.63, 3.8) is 0 Å². The third kappa shape index (κ3) is 4.38. The van der Waals surface area contributed by atoms with Crippen LogP contribution in [0.5, 0.6) is 0 Å². The van der Waals surface area contributed by atoms with E-state index in [4.69, 9.17) is 5.73 Å². The first-order valence-electron chi connectivity index (χ1n) is 6.00. The van der Waals surface area contributed by atoms with E-state index in [9.17, 15) is 8.42 Å². The van der Waals surface area contributed by atoms with Crippen molar-refractivity contribution in [3.05, 3.63) is 29.3 Å². The zero-order valence-corrected chi connectivity index (χ0v) is 11.4. The lowest BCUT2D eigenvalue weighted by molar-refractivity contribution is 0.590. The summed E-state index contributed by atoms with van der Waals surface area (Å²) < 4.78 is 23.8. The summed E-state index contributed by atoms with van der Waals surface area (Å²) >= 11 is 0. The van der Waals surface area contributed by atoms with Crippen LogP contribution in [0, 0.1) is 6.92 Å². The maximum Gasteiger partial charge on any atom is 0.154 e. The Morgan fingerprint density at radius 2 is 1.94 bits per heavy atom. The Balaban J connectivity index is 2.73. The van der Waals surface area contributed by atoms with Gasteiger partial charge in [-0.25, -0.2) is 8.42 Å². The number of rotatable bonds is 6. The van der Waals surface area contributed by atoms with E-state index in [-0.39, 0.29) is 11.5 Å². The Kier molecular flexibility index (Phi) is 5.00. The molecule has 0 fully saturated rings. The van der Waals surface area contributed by atoms with Crippen molar-refractivity contribution < 1.29 is 8.42 Å². The molecule has 0 aromatic heterocycles. The van der Waals surface area contributed by atoms with Gasteiger partial charge in [-0.05, 0) is 30.5 Å². The SMILES string of the molecule is CCCCCS(=O)(=O)Cc1cccc(N)c1C. The van der Waals surface area contributed by atoms with Crippen LogP contribution in [0.4, 0.5) is 5.69 Å². The second-order valence-corrected chi connectivity index (χ2v) is 6.61. The van der Waals surface area contributed by atoms with Gasteiger partial charge >= 0.3 is 0 Å². The standard InChI is InChI=1S/C13H21NO2S/c1-3-4-5-9-17(15,16)10-12-7-6-8-13(14)11(12)2/h6-8H,3-5,9-10,14H2,1-2H3. The van der Waals surface area contributed by atoms with Crippen molar-refractivity contribution in [3.8, 4) is 0 Å². The summed E-state index contributed by atoms with van der Waals surface area (Å²) in [6.45, 7) is 3.93. The van der Waals surface area contributed by atoms with E-state index in [0.29, 0.717) is 5.69 Å². The molecule has 96 valence electrons. The first kappa shape index (κ1) is 14.0. The van der Waals surface area contributed by atoms with E-state index in [1.807, 2.05) is 13.0 Å². The van der Waals surface area contributed by atoms with Crippen LogP contribution in [0.25, 0.3) is 0 Å². The number of nitrogen functional groups attached to an aromatic ring is 1. The molecule has 0 aliphatic rings. The zero-order chi connectivity index (χ0) is 12.9. The van der Waals surface area contributed by atoms with Crippen LogP contribution in [-0.2, 0) is 15.6 Å². The quantitative estimate of drug-likeness (QED) is 0.628. The predicted octanol–water partition coefficient (Wildman–Crippen LogP) is 2.68. The Labute approximate surface area is 104 Å². The summed E-state index contributed by atoms with van der Waals surface area (Å²) in [7, 11) is -3.00. The molecular formula is C13H21NO2S. The number of unbranched alkanes of at least 4 members (excludes halogenated alkanes) is 2. The summed E-state index contributed by atoms with van der Waals surface area (Å²) in [5.74, 6) is 0.378. The number of hydrogen-bond donors (Lipinski definition) is 1. The molecular weight excluding hydrogens is 234 g/mol. The van der Waals surface area contributed by atoms with Gasteiger partial charge in [-0.15, -0.1) is 0 Å². The van der Waals surface area contributed by atoms with E-state index in [0.717, 1.165) is 30.4 Å². The number of nitrogens with two attached hydrogens (primary N) is 1. The summed E-state index contributed by atoms with van der Waals surface area (Å²) in [4.78, 5) is 0. The van der Waals surface area contributed by atoms with Crippen molar-refractivity contribution in [2.45, 2.75) is 38.9 Å². The van der Waals surface area contributed by atoms with Crippen molar-refractivity contribution in [1.29, 1.82) is 0 Å². The molecule has 0 heterocycles. The molecule has 4 heteroatoms. The van der Waals surface area contributed by atoms with Gasteiger partial charge < -0.3 is 5.73 Å². The minimum Gasteiger partial charge on any atom is -0.399 e. The van der Waals surface area contributed by atoms with E-state index < -0.39 is 9.84 Å². The Bertz CT molecular complexity index is 466. The molecule has 0 radical (unpaired) electrons. The van der Waals surface area contributed by atoms with Crippen LogP contribution >= 0.6 is 0 Å². The maximum atomic E-state index is 11.9. The first-order chi connectivity index (χ1) is 7.96. The fraction of sp³-hybridized carbons (Fsp3) is 0.538. The van der Waals surface area contributed by atoms with Crippen LogP contribution in [0.1, 0.15) is 37.3 Å². The molecule has 1 aromatic carbocycles. The van der Waals surface area contributed by atoms with Gasteiger partial charge in [-0.3, -0.25) is 0 Å². The van der Waals surface area contributed by atoms with Crippen molar-refractivity contribution >= 4 is 15.5 Å². The number of hydrogen-bond acceptors (Lipinski definition) is 3. The van der Waals surface area contributed by atoms with Crippen LogP contribution in [0.15, 0.2) is 18.2 Å². The van der Waals surface area contributed by atoms with Gasteiger partial charge in [0.1, 0.15) is 0 Å². The molecule has 0 bridgehead atoms. The second-order valence-electron chi connectivity index (χ2n) is 4.43. The molecule has 0 spiro atoms. The fourth-order valence-electron chi connectivity index (χ4n) is 1.74. The van der Waals surface area contributed by atoms with Gasteiger partial charge in [0.2, 0.25) is 0 Å². The first-order valence-corrected chi connectivity index (χ1v) is 7.83. The lowest BCUT2D eigenvalue weighted by atomic mass is 10.1. The van der Waals surface area contributed by atoms with Gasteiger partial charge in [0.15, 0.2) is 9.84 Å². The predicted molar refractivity (Wildman–Crippen MR) is 72.6 cm³/mol. The highest BCUT2D eigenvalue weighted by molar-refractivity contribution is 7.90. The Morgan fingerprint density at radius 3 is 2.59 bits per heavy atom. The summed E-state index contributed by atoms with van der Waals surface area (Å²) in [5.41, 5.74) is 8.13. The monoisotopic (exact) mass is 255 g/mol. The molecule has 0 amide bonds. The fourth-order valence-corrected chi connectivity index (χ4v) is 3.32. The molecule has 0 saturated carbocycles. The van der Waals surface area contributed by atoms with Crippen LogP contribution in [0.3, 0.4) is 0 Å². The van der Waals surface area contributed by atoms with Crippen molar-refractivity contribution in [2.75, 3.05) is 11.5 Å². The third-order valence-corrected chi connectivity index (χ3v) is 4.58. The smallest absolute Gasteiger partial charge is 0.154 e. The van der Waals surface area contributed by atoms with E-state index in [1.54, 1.807) is 12.1 Å².